The van der Waals surface area contributed by atoms with E-state index in [1.165, 1.54) is 24.8 Å². The zero-order chi connectivity index (χ0) is 9.40. The van der Waals surface area contributed by atoms with Gasteiger partial charge in [-0.25, -0.2) is 4.98 Å². The first-order valence-electron chi connectivity index (χ1n) is 3.55. The molecule has 0 amide bonds. The third-order valence-electron chi connectivity index (χ3n) is 0.889. The lowest BCUT2D eigenvalue weighted by molar-refractivity contribution is 0.353. The molecule has 1 aromatic rings. The minimum Gasteiger partial charge on any atom is -0.288 e. The molecule has 0 saturated heterocycles. The molecule has 1 aromatic heterocycles. The Hall–Kier alpha value is -0.280. The fraction of sp³-hybridized carbons (Fsp3) is 0.375. The van der Waals surface area contributed by atoms with Crippen molar-refractivity contribution in [3.05, 3.63) is 23.5 Å². The van der Waals surface area contributed by atoms with Crippen LogP contribution in [-0.2, 0) is 5.11 Å². The third-order valence-corrected chi connectivity index (χ3v) is 1.91. The first-order valence-corrected chi connectivity index (χ1v) is 5.05. The van der Waals surface area contributed by atoms with Crippen molar-refractivity contribution in [3.8, 4) is 5.75 Å². The molecule has 67 valence electrons. The number of halogens is 2. The van der Waals surface area contributed by atoms with Crippen LogP contribution in [0.25, 0.3) is 0 Å². The van der Waals surface area contributed by atoms with Gasteiger partial charge in [0.1, 0.15) is 5.15 Å². The SMILES string of the molecule is CCCBr.[O]c1ccc(Cl)nc1. The number of nitrogens with zero attached hydrogens (tertiary/aromatic N) is 1. The van der Waals surface area contributed by atoms with Gasteiger partial charge in [-0.1, -0.05) is 34.5 Å². The predicted octanol–water partition coefficient (Wildman–Crippen LogP) is 3.67. The van der Waals surface area contributed by atoms with E-state index >= 15 is 0 Å². The second kappa shape index (κ2) is 7.37. The Kier molecular flexibility index (Phi) is 7.20. The molecule has 0 spiro atoms. The van der Waals surface area contributed by atoms with Crippen molar-refractivity contribution in [2.24, 2.45) is 0 Å². The van der Waals surface area contributed by atoms with E-state index in [0.717, 1.165) is 5.33 Å². The molecule has 1 rings (SSSR count). The highest BCUT2D eigenvalue weighted by atomic mass is 79.9. The van der Waals surface area contributed by atoms with Crippen molar-refractivity contribution in [2.45, 2.75) is 13.3 Å². The van der Waals surface area contributed by atoms with E-state index in [1.54, 1.807) is 0 Å². The molecule has 0 bridgehead atoms. The van der Waals surface area contributed by atoms with Crippen LogP contribution in [0, 0.1) is 0 Å². The van der Waals surface area contributed by atoms with E-state index in [0.29, 0.717) is 5.15 Å². The number of pyridine rings is 1. The molecule has 0 aliphatic heterocycles. The lowest BCUT2D eigenvalue weighted by atomic mass is 10.5. The van der Waals surface area contributed by atoms with Crippen LogP contribution in [0.4, 0.5) is 0 Å². The minimum atomic E-state index is -0.116. The van der Waals surface area contributed by atoms with Crippen LogP contribution in [0.3, 0.4) is 0 Å². The smallest absolute Gasteiger partial charge is 0.196 e. The van der Waals surface area contributed by atoms with Crippen LogP contribution in [0.5, 0.6) is 5.75 Å². The zero-order valence-corrected chi connectivity index (χ0v) is 9.10. The second-order valence-corrected chi connectivity index (χ2v) is 3.19. The summed E-state index contributed by atoms with van der Waals surface area (Å²) < 4.78 is 0. The van der Waals surface area contributed by atoms with Gasteiger partial charge in [0, 0.05) is 5.33 Å². The highest BCUT2D eigenvalue weighted by Crippen LogP contribution is 2.09. The monoisotopic (exact) mass is 250 g/mol. The molecule has 0 atom stereocenters. The quantitative estimate of drug-likeness (QED) is 0.554. The molecule has 1 heterocycles. The molecule has 0 aromatic carbocycles. The summed E-state index contributed by atoms with van der Waals surface area (Å²) in [6, 6.07) is 2.83. The average molecular weight is 252 g/mol. The van der Waals surface area contributed by atoms with Gasteiger partial charge in [0.25, 0.3) is 0 Å². The van der Waals surface area contributed by atoms with Crippen molar-refractivity contribution >= 4 is 27.5 Å². The number of rotatable bonds is 1. The fourth-order valence-corrected chi connectivity index (χ4v) is 0.474. The van der Waals surface area contributed by atoms with E-state index in [1.807, 2.05) is 0 Å². The topological polar surface area (TPSA) is 32.8 Å². The zero-order valence-electron chi connectivity index (χ0n) is 6.76. The average Bonchev–Trinajstić information content (AvgIpc) is 2.11. The van der Waals surface area contributed by atoms with Gasteiger partial charge in [-0.3, -0.25) is 5.11 Å². The molecule has 2 nitrogen and oxygen atoms in total. The van der Waals surface area contributed by atoms with Gasteiger partial charge in [-0.15, -0.1) is 0 Å². The van der Waals surface area contributed by atoms with Gasteiger partial charge in [-0.2, -0.15) is 0 Å². The van der Waals surface area contributed by atoms with E-state index in [2.05, 4.69) is 27.8 Å². The van der Waals surface area contributed by atoms with Gasteiger partial charge in [0.15, 0.2) is 5.75 Å². The standard InChI is InChI=1S/C5H3ClNO.C3H7Br/c6-5-2-1-4(8)3-7-5;1-2-3-4/h1-3H;2-3H2,1H3. The number of aromatic nitrogens is 1. The molecule has 0 unspecified atom stereocenters. The highest BCUT2D eigenvalue weighted by Gasteiger charge is 1.87. The number of hydrogen-bond acceptors (Lipinski definition) is 1. The maximum absolute atomic E-state index is 10.3. The van der Waals surface area contributed by atoms with Crippen molar-refractivity contribution in [2.75, 3.05) is 5.33 Å². The van der Waals surface area contributed by atoms with E-state index in [4.69, 9.17) is 11.6 Å². The predicted molar refractivity (Wildman–Crippen MR) is 53.5 cm³/mol. The van der Waals surface area contributed by atoms with E-state index < -0.39 is 0 Å². The van der Waals surface area contributed by atoms with Gasteiger partial charge in [0.05, 0.1) is 6.20 Å². The van der Waals surface area contributed by atoms with Crippen molar-refractivity contribution in [1.29, 1.82) is 0 Å². The van der Waals surface area contributed by atoms with Crippen LogP contribution in [0.1, 0.15) is 13.3 Å². The van der Waals surface area contributed by atoms with Crippen LogP contribution in [0.2, 0.25) is 5.15 Å². The molecule has 1 radical (unpaired) electrons. The van der Waals surface area contributed by atoms with Crippen molar-refractivity contribution in [3.63, 3.8) is 0 Å². The summed E-state index contributed by atoms with van der Waals surface area (Å²) in [5, 5.41) is 11.8. The van der Waals surface area contributed by atoms with Gasteiger partial charge in [0.2, 0.25) is 0 Å². The fourth-order valence-electron chi connectivity index (χ4n) is 0.362. The van der Waals surface area contributed by atoms with Gasteiger partial charge >= 0.3 is 0 Å². The highest BCUT2D eigenvalue weighted by molar-refractivity contribution is 9.09. The Bertz CT molecular complexity index is 180. The summed E-state index contributed by atoms with van der Waals surface area (Å²) in [5.74, 6) is -0.116. The Balaban J connectivity index is 0.000000261. The van der Waals surface area contributed by atoms with Crippen molar-refractivity contribution < 1.29 is 5.11 Å². The molecule has 0 fully saturated rings. The molecule has 0 aliphatic rings. The van der Waals surface area contributed by atoms with Gasteiger partial charge in [-0.05, 0) is 18.6 Å². The summed E-state index contributed by atoms with van der Waals surface area (Å²) in [4.78, 5) is 3.53. The van der Waals surface area contributed by atoms with E-state index in [9.17, 15) is 5.11 Å². The van der Waals surface area contributed by atoms with Crippen LogP contribution < -0.4 is 0 Å². The first kappa shape index (κ1) is 11.7. The molecule has 4 heteroatoms. The van der Waals surface area contributed by atoms with E-state index in [-0.39, 0.29) is 5.75 Å². The van der Waals surface area contributed by atoms with Crippen molar-refractivity contribution in [1.82, 2.24) is 4.98 Å². The summed E-state index contributed by atoms with van der Waals surface area (Å²) >= 11 is 8.61. The summed E-state index contributed by atoms with van der Waals surface area (Å²) in [6.45, 7) is 2.13. The molecular weight excluding hydrogens is 241 g/mol. The normalized spacial score (nSPS) is 8.58. The van der Waals surface area contributed by atoms with Crippen LogP contribution in [0.15, 0.2) is 18.3 Å². The maximum atomic E-state index is 10.3. The van der Waals surface area contributed by atoms with Gasteiger partial charge < -0.3 is 0 Å². The maximum Gasteiger partial charge on any atom is 0.196 e. The Morgan fingerprint density at radius 1 is 1.58 bits per heavy atom. The molecule has 0 saturated carbocycles. The molecule has 0 aliphatic carbocycles. The second-order valence-electron chi connectivity index (χ2n) is 2.01. The third kappa shape index (κ3) is 6.43. The Morgan fingerprint density at radius 3 is 2.42 bits per heavy atom. The van der Waals surface area contributed by atoms with Crippen LogP contribution >= 0.6 is 27.5 Å². The summed E-state index contributed by atoms with van der Waals surface area (Å²) in [5.41, 5.74) is 0. The van der Waals surface area contributed by atoms with Crippen LogP contribution in [-0.4, -0.2) is 10.3 Å². The minimum absolute atomic E-state index is 0.116. The first-order chi connectivity index (χ1) is 5.70. The Labute approximate surface area is 85.7 Å². The number of hydrogen-bond donors (Lipinski definition) is 0. The molecule has 0 N–H and O–H groups in total. The summed E-state index contributed by atoms with van der Waals surface area (Å²) in [6.07, 6.45) is 2.42. The molecular formula is C8H10BrClNO. The number of alkyl halides is 1. The Morgan fingerprint density at radius 2 is 2.17 bits per heavy atom. The summed E-state index contributed by atoms with van der Waals surface area (Å²) in [7, 11) is 0. The molecule has 12 heavy (non-hydrogen) atoms. The lowest BCUT2D eigenvalue weighted by Crippen LogP contribution is -1.68. The lowest BCUT2D eigenvalue weighted by Gasteiger charge is -1.83. The largest absolute Gasteiger partial charge is 0.288 e.